The fourth-order valence-corrected chi connectivity index (χ4v) is 5.98. The van der Waals surface area contributed by atoms with Crippen LogP contribution < -0.4 is 4.90 Å². The van der Waals surface area contributed by atoms with Crippen LogP contribution in [0.3, 0.4) is 0 Å². The van der Waals surface area contributed by atoms with Crippen LogP contribution in [-0.4, -0.2) is 39.2 Å². The number of nitrogens with zero attached hydrogens (tertiary/aromatic N) is 2. The number of anilines is 1. The maximum Gasteiger partial charge on any atom is 0.337 e. The molecule has 0 radical (unpaired) electrons. The first kappa shape index (κ1) is 21.4. The van der Waals surface area contributed by atoms with Crippen LogP contribution in [0.25, 0.3) is 11.1 Å². The molecule has 2 N–H and O–H groups in total. The molecule has 2 aliphatic heterocycles. The Labute approximate surface area is 200 Å². The van der Waals surface area contributed by atoms with Gasteiger partial charge in [0.2, 0.25) is 0 Å². The number of carbonyl (C=O) groups is 1. The molecule has 0 spiro atoms. The minimum absolute atomic E-state index is 0.233. The maximum atomic E-state index is 11.2. The lowest BCUT2D eigenvalue weighted by Crippen LogP contribution is -2.46. The van der Waals surface area contributed by atoms with E-state index < -0.39 is 5.97 Å². The number of aromatic amines is 1. The van der Waals surface area contributed by atoms with Gasteiger partial charge in [-0.05, 0) is 74.6 Å². The van der Waals surface area contributed by atoms with Gasteiger partial charge < -0.3 is 19.7 Å². The van der Waals surface area contributed by atoms with Gasteiger partial charge in [0.15, 0.2) is 0 Å². The van der Waals surface area contributed by atoms with Crippen LogP contribution in [0.15, 0.2) is 48.8 Å². The van der Waals surface area contributed by atoms with Gasteiger partial charge in [-0.15, -0.1) is 0 Å². The van der Waals surface area contributed by atoms with E-state index in [0.29, 0.717) is 24.6 Å². The first-order valence-corrected chi connectivity index (χ1v) is 12.4. The molecule has 2 aromatic heterocycles. The SMILES string of the molecule is Cc1ccccc1-c1c[nH]c(C2CC2)c1COC1CC2CCC(C1)N2c1ccc(C(=O)O)cn1. The Morgan fingerprint density at radius 1 is 1.09 bits per heavy atom. The number of carboxylic acids is 1. The average molecular weight is 458 g/mol. The number of H-pyrrole nitrogens is 1. The number of aromatic carboxylic acids is 1. The number of piperidine rings is 1. The van der Waals surface area contributed by atoms with Crippen molar-refractivity contribution in [2.75, 3.05) is 4.90 Å². The molecule has 6 heteroatoms. The van der Waals surface area contributed by atoms with Crippen LogP contribution in [0.2, 0.25) is 0 Å². The molecular formula is C28H31N3O3. The second-order valence-corrected chi connectivity index (χ2v) is 10.1. The number of hydrogen-bond donors (Lipinski definition) is 2. The number of carboxylic acid groups (broad SMARTS) is 1. The fourth-order valence-electron chi connectivity index (χ4n) is 5.98. The monoisotopic (exact) mass is 457 g/mol. The number of ether oxygens (including phenoxy) is 1. The van der Waals surface area contributed by atoms with Gasteiger partial charge in [-0.1, -0.05) is 24.3 Å². The van der Waals surface area contributed by atoms with E-state index in [1.165, 1.54) is 47.0 Å². The lowest BCUT2D eigenvalue weighted by atomic mass is 9.97. The molecule has 34 heavy (non-hydrogen) atoms. The zero-order valence-electron chi connectivity index (χ0n) is 19.5. The third kappa shape index (κ3) is 3.90. The molecule has 3 aliphatic rings. The summed E-state index contributed by atoms with van der Waals surface area (Å²) in [6.45, 7) is 2.82. The Morgan fingerprint density at radius 3 is 2.50 bits per heavy atom. The fraction of sp³-hybridized carbons (Fsp3) is 0.429. The number of fused-ring (bicyclic) bond motifs is 2. The van der Waals surface area contributed by atoms with Crippen molar-refractivity contribution in [3.05, 3.63) is 71.2 Å². The van der Waals surface area contributed by atoms with Crippen LogP contribution in [-0.2, 0) is 11.3 Å². The van der Waals surface area contributed by atoms with Gasteiger partial charge in [0, 0.05) is 41.3 Å². The van der Waals surface area contributed by atoms with E-state index in [0.717, 1.165) is 31.5 Å². The van der Waals surface area contributed by atoms with E-state index >= 15 is 0 Å². The van der Waals surface area contributed by atoms with E-state index in [4.69, 9.17) is 9.84 Å². The van der Waals surface area contributed by atoms with Crippen molar-refractivity contribution in [3.8, 4) is 11.1 Å². The highest BCUT2D eigenvalue weighted by Crippen LogP contribution is 2.45. The zero-order chi connectivity index (χ0) is 23.2. The molecule has 2 unspecified atom stereocenters. The van der Waals surface area contributed by atoms with Gasteiger partial charge in [-0.3, -0.25) is 0 Å². The molecule has 3 fully saturated rings. The molecule has 2 atom stereocenters. The highest BCUT2D eigenvalue weighted by molar-refractivity contribution is 5.87. The second kappa shape index (κ2) is 8.58. The van der Waals surface area contributed by atoms with Crippen LogP contribution in [0, 0.1) is 6.92 Å². The molecule has 1 saturated carbocycles. The largest absolute Gasteiger partial charge is 0.478 e. The smallest absolute Gasteiger partial charge is 0.337 e. The second-order valence-electron chi connectivity index (χ2n) is 10.1. The summed E-state index contributed by atoms with van der Waals surface area (Å²) in [5, 5.41) is 9.17. The molecule has 6 rings (SSSR count). The van der Waals surface area contributed by atoms with Crippen LogP contribution in [0.1, 0.15) is 71.6 Å². The van der Waals surface area contributed by atoms with Gasteiger partial charge in [-0.25, -0.2) is 9.78 Å². The van der Waals surface area contributed by atoms with Crippen molar-refractivity contribution < 1.29 is 14.6 Å². The van der Waals surface area contributed by atoms with Gasteiger partial charge in [0.1, 0.15) is 5.82 Å². The van der Waals surface area contributed by atoms with Crippen molar-refractivity contribution in [1.82, 2.24) is 9.97 Å². The van der Waals surface area contributed by atoms with E-state index in [-0.39, 0.29) is 11.7 Å². The first-order chi connectivity index (χ1) is 16.6. The van der Waals surface area contributed by atoms with Gasteiger partial charge >= 0.3 is 5.97 Å². The van der Waals surface area contributed by atoms with E-state index in [1.807, 2.05) is 6.07 Å². The van der Waals surface area contributed by atoms with Crippen LogP contribution >= 0.6 is 0 Å². The molecule has 2 saturated heterocycles. The Balaban J connectivity index is 1.18. The van der Waals surface area contributed by atoms with Crippen molar-refractivity contribution >= 4 is 11.8 Å². The Bertz CT molecular complexity index is 1180. The Kier molecular flexibility index (Phi) is 5.41. The predicted molar refractivity (Wildman–Crippen MR) is 131 cm³/mol. The lowest BCUT2D eigenvalue weighted by molar-refractivity contribution is 0.0149. The molecule has 176 valence electrons. The summed E-state index contributed by atoms with van der Waals surface area (Å²) in [5.74, 6) is 0.600. The normalized spacial score (nSPS) is 23.9. The Hall–Kier alpha value is -3.12. The van der Waals surface area contributed by atoms with E-state index in [9.17, 15) is 4.79 Å². The first-order valence-electron chi connectivity index (χ1n) is 12.4. The van der Waals surface area contributed by atoms with Crippen LogP contribution in [0.5, 0.6) is 0 Å². The lowest BCUT2D eigenvalue weighted by Gasteiger charge is -2.39. The summed E-state index contributed by atoms with van der Waals surface area (Å²) in [7, 11) is 0. The quantitative estimate of drug-likeness (QED) is 0.477. The molecule has 0 amide bonds. The molecule has 1 aliphatic carbocycles. The standard InChI is InChI=1S/C28H31N3O3/c1-17-4-2-3-5-23(17)24-15-30-27(18-6-7-18)25(24)16-34-22-12-20-9-10-21(13-22)31(20)26-11-8-19(14-29-26)28(32)33/h2-5,8,11,14-15,18,20-22,30H,6-7,9-10,12-13,16H2,1H3,(H,32,33). The number of aromatic nitrogens is 2. The highest BCUT2D eigenvalue weighted by atomic mass is 16.5. The van der Waals surface area contributed by atoms with E-state index in [1.54, 1.807) is 6.07 Å². The molecule has 3 aromatic rings. The summed E-state index contributed by atoms with van der Waals surface area (Å²) in [4.78, 5) is 21.6. The number of rotatable bonds is 7. The maximum absolute atomic E-state index is 11.2. The van der Waals surface area contributed by atoms with E-state index in [2.05, 4.69) is 52.3 Å². The van der Waals surface area contributed by atoms with Crippen molar-refractivity contribution in [2.24, 2.45) is 0 Å². The number of benzene rings is 1. The summed E-state index contributed by atoms with van der Waals surface area (Å²) in [5.41, 5.74) is 6.78. The third-order valence-corrected chi connectivity index (χ3v) is 7.86. The average Bonchev–Trinajstić information content (AvgIpc) is 3.55. The summed E-state index contributed by atoms with van der Waals surface area (Å²) in [6, 6.07) is 12.9. The van der Waals surface area contributed by atoms with Gasteiger partial charge in [0.25, 0.3) is 0 Å². The summed E-state index contributed by atoms with van der Waals surface area (Å²) < 4.78 is 6.62. The topological polar surface area (TPSA) is 78.5 Å². The highest BCUT2D eigenvalue weighted by Gasteiger charge is 2.42. The molecule has 4 heterocycles. The molecule has 2 bridgehead atoms. The summed E-state index contributed by atoms with van der Waals surface area (Å²) >= 11 is 0. The zero-order valence-corrected chi connectivity index (χ0v) is 19.5. The van der Waals surface area contributed by atoms with Crippen LogP contribution in [0.4, 0.5) is 5.82 Å². The van der Waals surface area contributed by atoms with Crippen molar-refractivity contribution in [3.63, 3.8) is 0 Å². The molecular weight excluding hydrogens is 426 g/mol. The van der Waals surface area contributed by atoms with Crippen molar-refractivity contribution in [2.45, 2.75) is 76.2 Å². The van der Waals surface area contributed by atoms with Gasteiger partial charge in [-0.2, -0.15) is 0 Å². The number of pyridine rings is 1. The predicted octanol–water partition coefficient (Wildman–Crippen LogP) is 5.68. The molecule has 6 nitrogen and oxygen atoms in total. The minimum Gasteiger partial charge on any atom is -0.478 e. The van der Waals surface area contributed by atoms with Gasteiger partial charge in [0.05, 0.1) is 18.3 Å². The number of aryl methyl sites for hydroxylation is 1. The van der Waals surface area contributed by atoms with Crippen molar-refractivity contribution in [1.29, 1.82) is 0 Å². The minimum atomic E-state index is -0.936. The number of hydrogen-bond acceptors (Lipinski definition) is 4. The summed E-state index contributed by atoms with van der Waals surface area (Å²) in [6.07, 6.45) is 10.7. The number of nitrogens with one attached hydrogen (secondary N) is 1. The molecule has 1 aromatic carbocycles. The third-order valence-electron chi connectivity index (χ3n) is 7.86. The Morgan fingerprint density at radius 2 is 1.85 bits per heavy atom.